The zero-order valence-corrected chi connectivity index (χ0v) is 13.2. The Morgan fingerprint density at radius 2 is 2.00 bits per heavy atom. The van der Waals surface area contributed by atoms with Gasteiger partial charge in [-0.3, -0.25) is 4.79 Å². The number of piperidine rings is 1. The highest BCUT2D eigenvalue weighted by Crippen LogP contribution is 2.35. The molecule has 0 aromatic heterocycles. The Kier molecular flexibility index (Phi) is 5.44. The summed E-state index contributed by atoms with van der Waals surface area (Å²) in [5.74, 6) is 0.674. The second-order valence-corrected chi connectivity index (χ2v) is 6.77. The van der Waals surface area contributed by atoms with Gasteiger partial charge in [0, 0.05) is 12.6 Å². The van der Waals surface area contributed by atoms with E-state index in [0.29, 0.717) is 0 Å². The SMILES string of the molecule is CCNC(C)(CCN1CCC[C@H]2CCCC[C@H]21)C(N)=O. The first-order valence-corrected chi connectivity index (χ1v) is 8.36. The molecule has 4 heteroatoms. The lowest BCUT2D eigenvalue weighted by Gasteiger charge is -2.45. The molecule has 4 nitrogen and oxygen atoms in total. The molecule has 0 aromatic carbocycles. The first kappa shape index (κ1) is 15.8. The Labute approximate surface area is 123 Å². The molecule has 3 atom stereocenters. The van der Waals surface area contributed by atoms with Gasteiger partial charge in [-0.1, -0.05) is 19.8 Å². The van der Waals surface area contributed by atoms with E-state index in [4.69, 9.17) is 5.73 Å². The molecule has 2 aliphatic rings. The van der Waals surface area contributed by atoms with Gasteiger partial charge in [-0.25, -0.2) is 0 Å². The zero-order chi connectivity index (χ0) is 14.6. The van der Waals surface area contributed by atoms with Crippen molar-refractivity contribution in [1.82, 2.24) is 10.2 Å². The first-order chi connectivity index (χ1) is 9.57. The Hall–Kier alpha value is -0.610. The predicted octanol–water partition coefficient (Wildman–Crippen LogP) is 1.88. The number of hydrogen-bond acceptors (Lipinski definition) is 3. The monoisotopic (exact) mass is 281 g/mol. The van der Waals surface area contributed by atoms with E-state index in [1.807, 2.05) is 13.8 Å². The van der Waals surface area contributed by atoms with Gasteiger partial charge in [-0.2, -0.15) is 0 Å². The fourth-order valence-corrected chi connectivity index (χ4v) is 4.06. The fourth-order valence-electron chi connectivity index (χ4n) is 4.06. The maximum absolute atomic E-state index is 11.7. The number of nitrogens with zero attached hydrogens (tertiary/aromatic N) is 1. The van der Waals surface area contributed by atoms with Crippen molar-refractivity contribution in [3.05, 3.63) is 0 Å². The molecular formula is C16H31N3O. The molecule has 0 bridgehead atoms. The Balaban J connectivity index is 1.92. The van der Waals surface area contributed by atoms with E-state index in [1.54, 1.807) is 0 Å². The van der Waals surface area contributed by atoms with Crippen molar-refractivity contribution >= 4 is 5.91 Å². The van der Waals surface area contributed by atoms with Gasteiger partial charge in [0.1, 0.15) is 0 Å². The summed E-state index contributed by atoms with van der Waals surface area (Å²) in [6.07, 6.45) is 9.07. The molecule has 20 heavy (non-hydrogen) atoms. The summed E-state index contributed by atoms with van der Waals surface area (Å²) in [6.45, 7) is 6.95. The number of likely N-dealkylation sites (tertiary alicyclic amines) is 1. The van der Waals surface area contributed by atoms with Gasteiger partial charge in [-0.05, 0) is 58.0 Å². The predicted molar refractivity (Wildman–Crippen MR) is 82.4 cm³/mol. The largest absolute Gasteiger partial charge is 0.368 e. The van der Waals surface area contributed by atoms with E-state index in [-0.39, 0.29) is 5.91 Å². The van der Waals surface area contributed by atoms with E-state index < -0.39 is 5.54 Å². The van der Waals surface area contributed by atoms with Crippen molar-refractivity contribution in [3.8, 4) is 0 Å². The average Bonchev–Trinajstić information content (AvgIpc) is 2.45. The second kappa shape index (κ2) is 6.90. The molecule has 3 N–H and O–H groups in total. The van der Waals surface area contributed by atoms with Crippen LogP contribution in [0, 0.1) is 5.92 Å². The summed E-state index contributed by atoms with van der Waals surface area (Å²) in [7, 11) is 0. The minimum absolute atomic E-state index is 0.225. The minimum atomic E-state index is -0.559. The van der Waals surface area contributed by atoms with Crippen LogP contribution in [0.1, 0.15) is 58.8 Å². The molecule has 1 amide bonds. The zero-order valence-electron chi connectivity index (χ0n) is 13.2. The number of nitrogens with two attached hydrogens (primary N) is 1. The summed E-state index contributed by atoms with van der Waals surface area (Å²) in [4.78, 5) is 14.3. The van der Waals surface area contributed by atoms with Gasteiger partial charge in [0.25, 0.3) is 0 Å². The normalized spacial score (nSPS) is 30.5. The number of nitrogens with one attached hydrogen (secondary N) is 1. The molecule has 0 spiro atoms. The lowest BCUT2D eigenvalue weighted by Crippen LogP contribution is -2.56. The standard InChI is InChI=1S/C16H31N3O/c1-3-18-16(2,15(17)20)10-12-19-11-6-8-13-7-4-5-9-14(13)19/h13-14,18H,3-12H2,1-2H3,(H2,17,20)/t13-,14-,16?/m1/s1. The van der Waals surface area contributed by atoms with Crippen LogP contribution in [0.4, 0.5) is 0 Å². The average molecular weight is 281 g/mol. The molecule has 0 radical (unpaired) electrons. The molecule has 2 fully saturated rings. The molecule has 1 unspecified atom stereocenters. The molecular weight excluding hydrogens is 250 g/mol. The van der Waals surface area contributed by atoms with Crippen molar-refractivity contribution < 1.29 is 4.79 Å². The van der Waals surface area contributed by atoms with Crippen LogP contribution in [0.25, 0.3) is 0 Å². The maximum Gasteiger partial charge on any atom is 0.237 e. The van der Waals surface area contributed by atoms with Crippen molar-refractivity contribution in [1.29, 1.82) is 0 Å². The second-order valence-electron chi connectivity index (χ2n) is 6.77. The van der Waals surface area contributed by atoms with Crippen molar-refractivity contribution in [3.63, 3.8) is 0 Å². The molecule has 2 rings (SSSR count). The van der Waals surface area contributed by atoms with Crippen LogP contribution in [0.3, 0.4) is 0 Å². The highest BCUT2D eigenvalue weighted by atomic mass is 16.1. The quantitative estimate of drug-likeness (QED) is 0.781. The smallest absolute Gasteiger partial charge is 0.237 e. The number of primary amides is 1. The topological polar surface area (TPSA) is 58.4 Å². The van der Waals surface area contributed by atoms with E-state index in [9.17, 15) is 4.79 Å². The molecule has 1 aliphatic heterocycles. The lowest BCUT2D eigenvalue weighted by molar-refractivity contribution is -0.124. The summed E-state index contributed by atoms with van der Waals surface area (Å²) in [5, 5.41) is 3.27. The fraction of sp³-hybridized carbons (Fsp3) is 0.938. The van der Waals surface area contributed by atoms with Crippen LogP contribution >= 0.6 is 0 Å². The number of rotatable bonds is 6. The molecule has 1 saturated heterocycles. The molecule has 1 aliphatic carbocycles. The Bertz CT molecular complexity index is 332. The number of fused-ring (bicyclic) bond motifs is 1. The molecule has 1 saturated carbocycles. The van der Waals surface area contributed by atoms with Gasteiger partial charge in [0.15, 0.2) is 0 Å². The molecule has 1 heterocycles. The summed E-state index contributed by atoms with van der Waals surface area (Å²) < 4.78 is 0. The Morgan fingerprint density at radius 3 is 2.70 bits per heavy atom. The minimum Gasteiger partial charge on any atom is -0.368 e. The van der Waals surface area contributed by atoms with Crippen molar-refractivity contribution in [2.24, 2.45) is 11.7 Å². The van der Waals surface area contributed by atoms with Crippen molar-refractivity contribution in [2.45, 2.75) is 70.4 Å². The number of carbonyl (C=O) groups excluding carboxylic acids is 1. The van der Waals surface area contributed by atoms with Crippen LogP contribution in [0.2, 0.25) is 0 Å². The van der Waals surface area contributed by atoms with Crippen LogP contribution in [-0.2, 0) is 4.79 Å². The number of likely N-dealkylation sites (N-methyl/N-ethyl adjacent to an activating group) is 1. The van der Waals surface area contributed by atoms with E-state index in [0.717, 1.165) is 31.5 Å². The van der Waals surface area contributed by atoms with Crippen LogP contribution in [0.15, 0.2) is 0 Å². The highest BCUT2D eigenvalue weighted by Gasteiger charge is 2.35. The molecule has 116 valence electrons. The van der Waals surface area contributed by atoms with Gasteiger partial charge in [-0.15, -0.1) is 0 Å². The summed E-state index contributed by atoms with van der Waals surface area (Å²) in [6, 6.07) is 0.760. The lowest BCUT2D eigenvalue weighted by atomic mass is 9.78. The highest BCUT2D eigenvalue weighted by molar-refractivity contribution is 5.84. The third-order valence-corrected chi connectivity index (χ3v) is 5.37. The van der Waals surface area contributed by atoms with E-state index in [2.05, 4.69) is 10.2 Å². The first-order valence-electron chi connectivity index (χ1n) is 8.36. The number of carbonyl (C=O) groups is 1. The van der Waals surface area contributed by atoms with Crippen LogP contribution < -0.4 is 11.1 Å². The summed E-state index contributed by atoms with van der Waals surface area (Å²) in [5.41, 5.74) is 5.03. The third kappa shape index (κ3) is 3.53. The number of amides is 1. The van der Waals surface area contributed by atoms with E-state index in [1.165, 1.54) is 45.1 Å². The van der Waals surface area contributed by atoms with Crippen LogP contribution in [-0.4, -0.2) is 42.0 Å². The summed E-state index contributed by atoms with van der Waals surface area (Å²) >= 11 is 0. The Morgan fingerprint density at radius 1 is 1.30 bits per heavy atom. The van der Waals surface area contributed by atoms with Crippen LogP contribution in [0.5, 0.6) is 0 Å². The van der Waals surface area contributed by atoms with E-state index >= 15 is 0 Å². The third-order valence-electron chi connectivity index (χ3n) is 5.37. The number of hydrogen-bond donors (Lipinski definition) is 2. The van der Waals surface area contributed by atoms with Gasteiger partial charge < -0.3 is 16.0 Å². The van der Waals surface area contributed by atoms with Gasteiger partial charge in [0.2, 0.25) is 5.91 Å². The molecule has 0 aromatic rings. The van der Waals surface area contributed by atoms with Gasteiger partial charge >= 0.3 is 0 Å². The maximum atomic E-state index is 11.7. The van der Waals surface area contributed by atoms with Crippen molar-refractivity contribution in [2.75, 3.05) is 19.6 Å². The van der Waals surface area contributed by atoms with Gasteiger partial charge in [0.05, 0.1) is 5.54 Å².